The maximum absolute atomic E-state index is 11.1. The van der Waals surface area contributed by atoms with Crippen molar-refractivity contribution in [3.8, 4) is 0 Å². The molecule has 1 saturated carbocycles. The van der Waals surface area contributed by atoms with E-state index in [9.17, 15) is 5.11 Å². The van der Waals surface area contributed by atoms with E-state index in [0.717, 1.165) is 19.3 Å². The predicted octanol–water partition coefficient (Wildman–Crippen LogP) is 4.34. The van der Waals surface area contributed by atoms with Gasteiger partial charge in [-0.25, -0.2) is 0 Å². The monoisotopic (exact) mass is 260 g/mol. The van der Waals surface area contributed by atoms with E-state index >= 15 is 0 Å². The van der Waals surface area contributed by atoms with Crippen molar-refractivity contribution in [2.45, 2.75) is 65.9 Å². The van der Waals surface area contributed by atoms with Crippen LogP contribution in [0.1, 0.15) is 55.4 Å². The van der Waals surface area contributed by atoms with Crippen LogP contribution in [0.2, 0.25) is 0 Å². The zero-order chi connectivity index (χ0) is 14.2. The molecular formula is C18H28O. The standard InChI is InChI=1S/C18H28O/c1-12-9-14(3)17(15(4)10-12)11-18(19)8-6-7-13(2)16(18)5/h9-10,13,16,19H,6-8,11H2,1-5H3. The van der Waals surface area contributed by atoms with Crippen LogP contribution in [0.5, 0.6) is 0 Å². The average Bonchev–Trinajstić information content (AvgIpc) is 2.31. The van der Waals surface area contributed by atoms with Gasteiger partial charge in [0, 0.05) is 6.42 Å². The first kappa shape index (κ1) is 14.6. The molecule has 1 nitrogen and oxygen atoms in total. The van der Waals surface area contributed by atoms with Gasteiger partial charge in [0.1, 0.15) is 0 Å². The van der Waals surface area contributed by atoms with Crippen molar-refractivity contribution in [2.75, 3.05) is 0 Å². The molecule has 0 heterocycles. The largest absolute Gasteiger partial charge is 0.389 e. The van der Waals surface area contributed by atoms with E-state index in [-0.39, 0.29) is 0 Å². The topological polar surface area (TPSA) is 20.2 Å². The van der Waals surface area contributed by atoms with Gasteiger partial charge in [-0.15, -0.1) is 0 Å². The average molecular weight is 260 g/mol. The third kappa shape index (κ3) is 2.86. The van der Waals surface area contributed by atoms with E-state index in [0.29, 0.717) is 11.8 Å². The molecule has 0 saturated heterocycles. The highest BCUT2D eigenvalue weighted by Gasteiger charge is 2.40. The number of rotatable bonds is 2. The highest BCUT2D eigenvalue weighted by Crippen LogP contribution is 2.40. The minimum atomic E-state index is -0.511. The normalized spacial score (nSPS) is 31.5. The van der Waals surface area contributed by atoms with Gasteiger partial charge in [-0.05, 0) is 55.7 Å². The molecule has 19 heavy (non-hydrogen) atoms. The molecular weight excluding hydrogens is 232 g/mol. The summed E-state index contributed by atoms with van der Waals surface area (Å²) in [5.74, 6) is 1.02. The van der Waals surface area contributed by atoms with Crippen molar-refractivity contribution in [3.63, 3.8) is 0 Å². The lowest BCUT2D eigenvalue weighted by Gasteiger charge is -2.42. The molecule has 1 N–H and O–H groups in total. The maximum Gasteiger partial charge on any atom is 0.0716 e. The van der Waals surface area contributed by atoms with Gasteiger partial charge in [0.2, 0.25) is 0 Å². The van der Waals surface area contributed by atoms with Crippen LogP contribution in [0.15, 0.2) is 12.1 Å². The van der Waals surface area contributed by atoms with Gasteiger partial charge in [0.05, 0.1) is 5.60 Å². The summed E-state index contributed by atoms with van der Waals surface area (Å²) >= 11 is 0. The Morgan fingerprint density at radius 3 is 2.32 bits per heavy atom. The fraction of sp³-hybridized carbons (Fsp3) is 0.667. The van der Waals surface area contributed by atoms with E-state index in [2.05, 4.69) is 46.8 Å². The molecule has 1 aliphatic carbocycles. The van der Waals surface area contributed by atoms with Gasteiger partial charge in [-0.1, -0.05) is 44.4 Å². The second-order valence-electron chi connectivity index (χ2n) is 6.82. The lowest BCUT2D eigenvalue weighted by atomic mass is 9.67. The summed E-state index contributed by atoms with van der Waals surface area (Å²) in [6.45, 7) is 11.0. The Morgan fingerprint density at radius 1 is 1.16 bits per heavy atom. The molecule has 0 bridgehead atoms. The summed E-state index contributed by atoms with van der Waals surface area (Å²) in [6.07, 6.45) is 4.18. The summed E-state index contributed by atoms with van der Waals surface area (Å²) in [6, 6.07) is 4.48. The fourth-order valence-electron chi connectivity index (χ4n) is 3.78. The molecule has 0 amide bonds. The SMILES string of the molecule is Cc1cc(C)c(CC2(O)CCCC(C)C2C)c(C)c1. The van der Waals surface area contributed by atoms with Crippen molar-refractivity contribution in [3.05, 3.63) is 34.4 Å². The molecule has 0 aromatic heterocycles. The zero-order valence-electron chi connectivity index (χ0n) is 13.1. The summed E-state index contributed by atoms with van der Waals surface area (Å²) in [7, 11) is 0. The summed E-state index contributed by atoms with van der Waals surface area (Å²) in [5.41, 5.74) is 4.82. The molecule has 1 fully saturated rings. The van der Waals surface area contributed by atoms with E-state index in [1.165, 1.54) is 28.7 Å². The highest BCUT2D eigenvalue weighted by atomic mass is 16.3. The molecule has 0 radical (unpaired) electrons. The molecule has 0 aliphatic heterocycles. The van der Waals surface area contributed by atoms with Crippen LogP contribution in [0.4, 0.5) is 0 Å². The van der Waals surface area contributed by atoms with Gasteiger partial charge in [0.15, 0.2) is 0 Å². The number of benzene rings is 1. The first-order valence-electron chi connectivity index (χ1n) is 7.62. The van der Waals surface area contributed by atoms with Crippen molar-refractivity contribution < 1.29 is 5.11 Å². The number of aryl methyl sites for hydroxylation is 3. The van der Waals surface area contributed by atoms with E-state index < -0.39 is 5.60 Å². The predicted molar refractivity (Wildman–Crippen MR) is 81.5 cm³/mol. The lowest BCUT2D eigenvalue weighted by molar-refractivity contribution is -0.0622. The van der Waals surface area contributed by atoms with E-state index in [1.54, 1.807) is 0 Å². The summed E-state index contributed by atoms with van der Waals surface area (Å²) < 4.78 is 0. The quantitative estimate of drug-likeness (QED) is 0.838. The highest BCUT2D eigenvalue weighted by molar-refractivity contribution is 5.38. The second-order valence-corrected chi connectivity index (χ2v) is 6.82. The number of aliphatic hydroxyl groups is 1. The minimum absolute atomic E-state index is 0.390. The van der Waals surface area contributed by atoms with Gasteiger partial charge < -0.3 is 5.11 Å². The lowest BCUT2D eigenvalue weighted by Crippen LogP contribution is -2.45. The minimum Gasteiger partial charge on any atom is -0.389 e. The molecule has 1 aromatic rings. The third-order valence-corrected chi connectivity index (χ3v) is 5.29. The Balaban J connectivity index is 2.30. The Hall–Kier alpha value is -0.820. The maximum atomic E-state index is 11.1. The van der Waals surface area contributed by atoms with Gasteiger partial charge in [-0.2, -0.15) is 0 Å². The third-order valence-electron chi connectivity index (χ3n) is 5.29. The van der Waals surface area contributed by atoms with Crippen LogP contribution in [-0.4, -0.2) is 10.7 Å². The Labute approximate surface area is 118 Å². The Morgan fingerprint density at radius 2 is 1.74 bits per heavy atom. The van der Waals surface area contributed by atoms with Crippen LogP contribution < -0.4 is 0 Å². The first-order chi connectivity index (χ1) is 8.83. The molecule has 106 valence electrons. The van der Waals surface area contributed by atoms with E-state index in [1.807, 2.05) is 0 Å². The molecule has 2 rings (SSSR count). The van der Waals surface area contributed by atoms with Crippen molar-refractivity contribution in [2.24, 2.45) is 11.8 Å². The second kappa shape index (κ2) is 5.28. The summed E-state index contributed by atoms with van der Waals surface area (Å²) in [5, 5.41) is 11.1. The van der Waals surface area contributed by atoms with Gasteiger partial charge >= 0.3 is 0 Å². The van der Waals surface area contributed by atoms with Crippen molar-refractivity contribution in [1.29, 1.82) is 0 Å². The fourth-order valence-corrected chi connectivity index (χ4v) is 3.78. The molecule has 1 heteroatoms. The van der Waals surface area contributed by atoms with Crippen LogP contribution in [0, 0.1) is 32.6 Å². The molecule has 3 unspecified atom stereocenters. The van der Waals surface area contributed by atoms with Crippen molar-refractivity contribution >= 4 is 0 Å². The van der Waals surface area contributed by atoms with Crippen LogP contribution in [0.25, 0.3) is 0 Å². The number of hydrogen-bond acceptors (Lipinski definition) is 1. The molecule has 3 atom stereocenters. The Kier molecular flexibility index (Phi) is 4.06. The van der Waals surface area contributed by atoms with Gasteiger partial charge in [0.25, 0.3) is 0 Å². The van der Waals surface area contributed by atoms with Crippen LogP contribution >= 0.6 is 0 Å². The smallest absolute Gasteiger partial charge is 0.0716 e. The zero-order valence-corrected chi connectivity index (χ0v) is 13.1. The van der Waals surface area contributed by atoms with E-state index in [4.69, 9.17) is 0 Å². The first-order valence-corrected chi connectivity index (χ1v) is 7.62. The van der Waals surface area contributed by atoms with Crippen LogP contribution in [-0.2, 0) is 6.42 Å². The Bertz CT molecular complexity index is 440. The van der Waals surface area contributed by atoms with Crippen LogP contribution in [0.3, 0.4) is 0 Å². The molecule has 1 aliphatic rings. The van der Waals surface area contributed by atoms with Gasteiger partial charge in [-0.3, -0.25) is 0 Å². The number of hydrogen-bond donors (Lipinski definition) is 1. The van der Waals surface area contributed by atoms with Crippen molar-refractivity contribution in [1.82, 2.24) is 0 Å². The molecule has 1 aromatic carbocycles. The molecule has 0 spiro atoms. The summed E-state index contributed by atoms with van der Waals surface area (Å²) in [4.78, 5) is 0.